The lowest BCUT2D eigenvalue weighted by atomic mass is 9.86. The molecule has 0 aliphatic heterocycles. The maximum atomic E-state index is 3.45. The topological polar surface area (TPSA) is 12.0 Å². The molecule has 0 spiro atoms. The number of aryl methyl sites for hydroxylation is 1. The monoisotopic (exact) mass is 299 g/mol. The molecule has 0 fully saturated rings. The molecule has 0 amide bonds. The van der Waals surface area contributed by atoms with Crippen molar-refractivity contribution in [3.05, 3.63) is 59.7 Å². The number of anilines is 1. The van der Waals surface area contributed by atoms with Crippen LogP contribution < -0.4 is 5.32 Å². The van der Waals surface area contributed by atoms with Crippen LogP contribution in [0.3, 0.4) is 0 Å². The summed E-state index contributed by atoms with van der Waals surface area (Å²) in [5, 5.41) is 3.45. The minimum Gasteiger partial charge on any atom is -0.384 e. The number of rotatable bonds is 5. The second kappa shape index (κ2) is 7.04. The van der Waals surface area contributed by atoms with Gasteiger partial charge in [-0.2, -0.15) is 0 Å². The standard InChI is InChI=1S/C19H25NS/c1-15-14-16(19(2,3)4)10-11-18(15)21-13-12-20-17-8-6-5-7-9-17/h5-11,14,20H,12-13H2,1-4H3. The predicted molar refractivity (Wildman–Crippen MR) is 95.5 cm³/mol. The first-order valence-electron chi connectivity index (χ1n) is 7.50. The van der Waals surface area contributed by atoms with Gasteiger partial charge in [-0.1, -0.05) is 51.1 Å². The number of thioether (sulfide) groups is 1. The van der Waals surface area contributed by atoms with E-state index in [1.807, 2.05) is 17.8 Å². The van der Waals surface area contributed by atoms with Gasteiger partial charge in [0.2, 0.25) is 0 Å². The molecule has 2 rings (SSSR count). The molecule has 21 heavy (non-hydrogen) atoms. The van der Waals surface area contributed by atoms with Crippen LogP contribution in [0.4, 0.5) is 5.69 Å². The highest BCUT2D eigenvalue weighted by atomic mass is 32.2. The second-order valence-corrected chi connectivity index (χ2v) is 7.51. The number of benzene rings is 2. The van der Waals surface area contributed by atoms with Crippen LogP contribution in [0, 0.1) is 6.92 Å². The smallest absolute Gasteiger partial charge is 0.0340 e. The first-order valence-corrected chi connectivity index (χ1v) is 8.48. The fourth-order valence-electron chi connectivity index (χ4n) is 2.19. The Morgan fingerprint density at radius 1 is 1.00 bits per heavy atom. The quantitative estimate of drug-likeness (QED) is 0.578. The van der Waals surface area contributed by atoms with Gasteiger partial charge < -0.3 is 5.32 Å². The zero-order valence-corrected chi connectivity index (χ0v) is 14.3. The lowest BCUT2D eigenvalue weighted by Gasteiger charge is -2.20. The van der Waals surface area contributed by atoms with Crippen LogP contribution in [0.1, 0.15) is 31.9 Å². The van der Waals surface area contributed by atoms with Crippen molar-refractivity contribution in [2.45, 2.75) is 38.0 Å². The fraction of sp³-hybridized carbons (Fsp3) is 0.368. The largest absolute Gasteiger partial charge is 0.384 e. The van der Waals surface area contributed by atoms with Crippen LogP contribution in [0.25, 0.3) is 0 Å². The van der Waals surface area contributed by atoms with Gasteiger partial charge in [0.15, 0.2) is 0 Å². The maximum absolute atomic E-state index is 3.45. The molecule has 112 valence electrons. The lowest BCUT2D eigenvalue weighted by molar-refractivity contribution is 0.589. The minimum atomic E-state index is 0.225. The molecule has 2 heteroatoms. The Bertz CT molecular complexity index is 570. The summed E-state index contributed by atoms with van der Waals surface area (Å²) in [5.41, 5.74) is 4.21. The minimum absolute atomic E-state index is 0.225. The Kier molecular flexibility index (Phi) is 5.35. The van der Waals surface area contributed by atoms with Crippen molar-refractivity contribution >= 4 is 17.4 Å². The molecule has 2 aromatic carbocycles. The van der Waals surface area contributed by atoms with Gasteiger partial charge in [0.1, 0.15) is 0 Å². The SMILES string of the molecule is Cc1cc(C(C)(C)C)ccc1SCCNc1ccccc1. The summed E-state index contributed by atoms with van der Waals surface area (Å²) >= 11 is 1.92. The molecule has 0 aliphatic carbocycles. The van der Waals surface area contributed by atoms with Crippen LogP contribution in [0.15, 0.2) is 53.4 Å². The third-order valence-corrected chi connectivity index (χ3v) is 4.68. The van der Waals surface area contributed by atoms with E-state index in [1.54, 1.807) is 0 Å². The Hall–Kier alpha value is -1.41. The highest BCUT2D eigenvalue weighted by molar-refractivity contribution is 7.99. The number of hydrogen-bond donors (Lipinski definition) is 1. The van der Waals surface area contributed by atoms with Gasteiger partial charge in [-0.15, -0.1) is 11.8 Å². The van der Waals surface area contributed by atoms with Crippen LogP contribution in [0.2, 0.25) is 0 Å². The maximum Gasteiger partial charge on any atom is 0.0340 e. The van der Waals surface area contributed by atoms with E-state index in [2.05, 4.69) is 75.5 Å². The summed E-state index contributed by atoms with van der Waals surface area (Å²) in [5.74, 6) is 1.07. The van der Waals surface area contributed by atoms with Gasteiger partial charge in [0.05, 0.1) is 0 Å². The molecule has 0 heterocycles. The third kappa shape index (κ3) is 4.82. The van der Waals surface area contributed by atoms with Crippen molar-refractivity contribution < 1.29 is 0 Å². The molecule has 0 saturated carbocycles. The third-order valence-electron chi connectivity index (χ3n) is 3.50. The zero-order valence-electron chi connectivity index (χ0n) is 13.4. The Balaban J connectivity index is 1.86. The summed E-state index contributed by atoms with van der Waals surface area (Å²) in [6.07, 6.45) is 0. The molecule has 0 aromatic heterocycles. The number of hydrogen-bond acceptors (Lipinski definition) is 2. The summed E-state index contributed by atoms with van der Waals surface area (Å²) in [6, 6.07) is 17.2. The van der Waals surface area contributed by atoms with Crippen LogP contribution in [-0.4, -0.2) is 12.3 Å². The highest BCUT2D eigenvalue weighted by Gasteiger charge is 2.14. The van der Waals surface area contributed by atoms with Crippen LogP contribution in [-0.2, 0) is 5.41 Å². The van der Waals surface area contributed by atoms with Gasteiger partial charge in [-0.3, -0.25) is 0 Å². The Labute approximate surface area is 133 Å². The van der Waals surface area contributed by atoms with Crippen LogP contribution >= 0.6 is 11.8 Å². The molecule has 1 N–H and O–H groups in total. The van der Waals surface area contributed by atoms with Gasteiger partial charge in [0.25, 0.3) is 0 Å². The van der Waals surface area contributed by atoms with E-state index >= 15 is 0 Å². The first kappa shape index (κ1) is 16.0. The van der Waals surface area contributed by atoms with Crippen molar-refractivity contribution in [3.63, 3.8) is 0 Å². The van der Waals surface area contributed by atoms with Gasteiger partial charge in [-0.25, -0.2) is 0 Å². The molecule has 0 aliphatic rings. The molecule has 0 atom stereocenters. The zero-order chi connectivity index (χ0) is 15.3. The normalized spacial score (nSPS) is 11.4. The van der Waals surface area contributed by atoms with Gasteiger partial charge in [-0.05, 0) is 41.7 Å². The van der Waals surface area contributed by atoms with E-state index < -0.39 is 0 Å². The van der Waals surface area contributed by atoms with E-state index in [0.717, 1.165) is 12.3 Å². The van der Waals surface area contributed by atoms with Crippen LogP contribution in [0.5, 0.6) is 0 Å². The van der Waals surface area contributed by atoms with Gasteiger partial charge in [0, 0.05) is 22.9 Å². The summed E-state index contributed by atoms with van der Waals surface area (Å²) in [6.45, 7) is 9.98. The molecule has 0 unspecified atom stereocenters. The van der Waals surface area contributed by atoms with Crippen molar-refractivity contribution in [2.75, 3.05) is 17.6 Å². The molecule has 0 bridgehead atoms. The average Bonchev–Trinajstić information content (AvgIpc) is 2.45. The highest BCUT2D eigenvalue weighted by Crippen LogP contribution is 2.28. The van der Waals surface area contributed by atoms with Crippen molar-refractivity contribution in [3.8, 4) is 0 Å². The molecular formula is C19H25NS. The van der Waals surface area contributed by atoms with Gasteiger partial charge >= 0.3 is 0 Å². The predicted octanol–water partition coefficient (Wildman–Crippen LogP) is 5.50. The van der Waals surface area contributed by atoms with Crippen molar-refractivity contribution in [1.82, 2.24) is 0 Å². The van der Waals surface area contributed by atoms with E-state index in [-0.39, 0.29) is 5.41 Å². The average molecular weight is 299 g/mol. The lowest BCUT2D eigenvalue weighted by Crippen LogP contribution is -2.11. The molecule has 0 radical (unpaired) electrons. The Morgan fingerprint density at radius 3 is 2.33 bits per heavy atom. The second-order valence-electron chi connectivity index (χ2n) is 6.37. The van der Waals surface area contributed by atoms with E-state index in [1.165, 1.54) is 21.7 Å². The summed E-state index contributed by atoms with van der Waals surface area (Å²) in [4.78, 5) is 1.39. The van der Waals surface area contributed by atoms with E-state index in [9.17, 15) is 0 Å². The van der Waals surface area contributed by atoms with Crippen molar-refractivity contribution in [2.24, 2.45) is 0 Å². The molecular weight excluding hydrogens is 274 g/mol. The Morgan fingerprint density at radius 2 is 1.71 bits per heavy atom. The number of nitrogens with one attached hydrogen (secondary N) is 1. The molecule has 2 aromatic rings. The number of para-hydroxylation sites is 1. The molecule has 0 saturated heterocycles. The first-order chi connectivity index (χ1) is 9.97. The summed E-state index contributed by atoms with van der Waals surface area (Å²) in [7, 11) is 0. The molecule has 1 nitrogen and oxygen atoms in total. The van der Waals surface area contributed by atoms with E-state index in [0.29, 0.717) is 0 Å². The fourth-order valence-corrected chi connectivity index (χ4v) is 3.07. The van der Waals surface area contributed by atoms with Crippen molar-refractivity contribution in [1.29, 1.82) is 0 Å². The van der Waals surface area contributed by atoms with E-state index in [4.69, 9.17) is 0 Å². The summed E-state index contributed by atoms with van der Waals surface area (Å²) < 4.78 is 0.